The van der Waals surface area contributed by atoms with Gasteiger partial charge in [0.25, 0.3) is 0 Å². The number of anilines is 1. The Kier molecular flexibility index (Phi) is 5.86. The fraction of sp³-hybridized carbons (Fsp3) is 0.294. The lowest BCUT2D eigenvalue weighted by Gasteiger charge is -2.13. The molecule has 1 amide bonds. The molecule has 1 unspecified atom stereocenters. The van der Waals surface area contributed by atoms with Gasteiger partial charge in [0.2, 0.25) is 5.91 Å². The van der Waals surface area contributed by atoms with Crippen LogP contribution in [0.4, 0.5) is 5.69 Å². The lowest BCUT2D eigenvalue weighted by molar-refractivity contribution is -0.115. The van der Waals surface area contributed by atoms with Gasteiger partial charge in [0.15, 0.2) is 5.15 Å². The second kappa shape index (κ2) is 7.65. The van der Waals surface area contributed by atoms with Crippen molar-refractivity contribution in [2.75, 3.05) is 5.32 Å². The minimum Gasteiger partial charge on any atom is -0.322 e. The van der Waals surface area contributed by atoms with Gasteiger partial charge in [-0.15, -0.1) is 11.8 Å². The van der Waals surface area contributed by atoms with E-state index in [0.29, 0.717) is 16.8 Å². The van der Waals surface area contributed by atoms with Gasteiger partial charge in [0.1, 0.15) is 0 Å². The van der Waals surface area contributed by atoms with Gasteiger partial charge >= 0.3 is 0 Å². The summed E-state index contributed by atoms with van der Waals surface area (Å²) in [5.41, 5.74) is 1.83. The molecule has 2 rings (SSSR count). The molecule has 22 heavy (non-hydrogen) atoms. The van der Waals surface area contributed by atoms with Crippen molar-refractivity contribution in [3.05, 3.63) is 53.3 Å². The van der Waals surface area contributed by atoms with Crippen molar-refractivity contribution in [1.82, 2.24) is 4.98 Å². The molecule has 1 atom stereocenters. The SMILES string of the molecule is CC(Sc1ccc(C(C)C)cc1)C(=O)Nc1cccnc1Cl. The van der Waals surface area contributed by atoms with Crippen LogP contribution < -0.4 is 5.32 Å². The largest absolute Gasteiger partial charge is 0.322 e. The Labute approximate surface area is 140 Å². The number of rotatable bonds is 5. The molecule has 0 aliphatic heterocycles. The third kappa shape index (κ3) is 4.49. The number of thioether (sulfide) groups is 1. The second-order valence-corrected chi connectivity index (χ2v) is 7.09. The molecule has 0 aliphatic carbocycles. The zero-order chi connectivity index (χ0) is 16.1. The van der Waals surface area contributed by atoms with Crippen molar-refractivity contribution in [1.29, 1.82) is 0 Å². The molecule has 1 N–H and O–H groups in total. The molecular formula is C17H19ClN2OS. The molecule has 0 fully saturated rings. The third-order valence-electron chi connectivity index (χ3n) is 3.25. The maximum absolute atomic E-state index is 12.2. The van der Waals surface area contributed by atoms with Crippen LogP contribution in [0.15, 0.2) is 47.5 Å². The van der Waals surface area contributed by atoms with Gasteiger partial charge in [-0.05, 0) is 42.7 Å². The molecule has 1 aromatic heterocycles. The Morgan fingerprint density at radius 1 is 1.18 bits per heavy atom. The van der Waals surface area contributed by atoms with Gasteiger partial charge in [-0.2, -0.15) is 0 Å². The van der Waals surface area contributed by atoms with E-state index in [2.05, 4.69) is 48.4 Å². The van der Waals surface area contributed by atoms with E-state index < -0.39 is 0 Å². The highest BCUT2D eigenvalue weighted by molar-refractivity contribution is 8.00. The molecule has 0 saturated heterocycles. The summed E-state index contributed by atoms with van der Waals surface area (Å²) < 4.78 is 0. The van der Waals surface area contributed by atoms with Gasteiger partial charge in [-0.1, -0.05) is 37.6 Å². The molecule has 1 heterocycles. The van der Waals surface area contributed by atoms with E-state index in [1.807, 2.05) is 6.92 Å². The first-order chi connectivity index (χ1) is 10.5. The van der Waals surface area contributed by atoms with Crippen LogP contribution in [0.1, 0.15) is 32.3 Å². The molecule has 0 radical (unpaired) electrons. The number of hydrogen-bond donors (Lipinski definition) is 1. The number of nitrogens with zero attached hydrogens (tertiary/aromatic N) is 1. The number of aromatic nitrogens is 1. The van der Waals surface area contributed by atoms with E-state index in [1.165, 1.54) is 17.3 Å². The number of carbonyl (C=O) groups is 1. The van der Waals surface area contributed by atoms with Crippen LogP contribution in [0, 0.1) is 0 Å². The molecule has 116 valence electrons. The average molecular weight is 335 g/mol. The predicted molar refractivity (Wildman–Crippen MR) is 93.7 cm³/mol. The van der Waals surface area contributed by atoms with Crippen LogP contribution in [0.2, 0.25) is 5.15 Å². The highest BCUT2D eigenvalue weighted by Gasteiger charge is 2.16. The first-order valence-electron chi connectivity index (χ1n) is 7.15. The summed E-state index contributed by atoms with van der Waals surface area (Å²) in [5.74, 6) is 0.417. The molecule has 0 bridgehead atoms. The van der Waals surface area contributed by atoms with Gasteiger partial charge in [0, 0.05) is 11.1 Å². The van der Waals surface area contributed by atoms with E-state index in [-0.39, 0.29) is 11.2 Å². The summed E-state index contributed by atoms with van der Waals surface area (Å²) in [6.07, 6.45) is 1.59. The molecule has 2 aromatic rings. The summed E-state index contributed by atoms with van der Waals surface area (Å²) in [5, 5.41) is 2.88. The van der Waals surface area contributed by atoms with E-state index >= 15 is 0 Å². The van der Waals surface area contributed by atoms with E-state index in [9.17, 15) is 4.79 Å². The fourth-order valence-electron chi connectivity index (χ4n) is 1.90. The first-order valence-corrected chi connectivity index (χ1v) is 8.41. The van der Waals surface area contributed by atoms with Crippen molar-refractivity contribution in [3.8, 4) is 0 Å². The number of nitrogens with one attached hydrogen (secondary N) is 1. The lowest BCUT2D eigenvalue weighted by Crippen LogP contribution is -2.22. The molecule has 0 spiro atoms. The van der Waals surface area contributed by atoms with Crippen molar-refractivity contribution in [3.63, 3.8) is 0 Å². The molecule has 0 saturated carbocycles. The van der Waals surface area contributed by atoms with Crippen molar-refractivity contribution in [2.45, 2.75) is 36.8 Å². The predicted octanol–water partition coefficient (Wildman–Crippen LogP) is 4.98. The minimum absolute atomic E-state index is 0.0900. The Balaban J connectivity index is 1.98. The highest BCUT2D eigenvalue weighted by atomic mass is 35.5. The Morgan fingerprint density at radius 3 is 2.45 bits per heavy atom. The van der Waals surface area contributed by atoms with Crippen LogP contribution >= 0.6 is 23.4 Å². The summed E-state index contributed by atoms with van der Waals surface area (Å²) in [6, 6.07) is 11.8. The zero-order valence-electron chi connectivity index (χ0n) is 12.8. The smallest absolute Gasteiger partial charge is 0.237 e. The number of halogens is 1. The van der Waals surface area contributed by atoms with Crippen molar-refractivity contribution in [2.24, 2.45) is 0 Å². The number of pyridine rings is 1. The molecule has 1 aromatic carbocycles. The van der Waals surface area contributed by atoms with Crippen molar-refractivity contribution < 1.29 is 4.79 Å². The van der Waals surface area contributed by atoms with Gasteiger partial charge < -0.3 is 5.32 Å². The highest BCUT2D eigenvalue weighted by Crippen LogP contribution is 2.27. The maximum Gasteiger partial charge on any atom is 0.237 e. The van der Waals surface area contributed by atoms with Crippen LogP contribution in [-0.4, -0.2) is 16.1 Å². The Hall–Kier alpha value is -1.52. The van der Waals surface area contributed by atoms with Crippen LogP contribution in [-0.2, 0) is 4.79 Å². The van der Waals surface area contributed by atoms with Crippen LogP contribution in [0.5, 0.6) is 0 Å². The molecular weight excluding hydrogens is 316 g/mol. The number of amides is 1. The van der Waals surface area contributed by atoms with Crippen LogP contribution in [0.25, 0.3) is 0 Å². The second-order valence-electron chi connectivity index (χ2n) is 5.31. The van der Waals surface area contributed by atoms with E-state index in [4.69, 9.17) is 11.6 Å². The first kappa shape index (κ1) is 16.8. The monoisotopic (exact) mass is 334 g/mol. The third-order valence-corrected chi connectivity index (χ3v) is 4.66. The summed E-state index contributed by atoms with van der Waals surface area (Å²) in [6.45, 7) is 6.20. The lowest BCUT2D eigenvalue weighted by atomic mass is 10.0. The fourth-order valence-corrected chi connectivity index (χ4v) is 2.94. The normalized spacial score (nSPS) is 12.2. The van der Waals surface area contributed by atoms with Crippen LogP contribution in [0.3, 0.4) is 0 Å². The Morgan fingerprint density at radius 2 is 1.86 bits per heavy atom. The topological polar surface area (TPSA) is 42.0 Å². The number of carbonyl (C=O) groups excluding carboxylic acids is 1. The van der Waals surface area contributed by atoms with Crippen molar-refractivity contribution >= 4 is 35.0 Å². The standard InChI is InChI=1S/C17H19ClN2OS/c1-11(2)13-6-8-14(9-7-13)22-12(3)17(21)20-15-5-4-10-19-16(15)18/h4-12H,1-3H3,(H,20,21). The van der Waals surface area contributed by atoms with Gasteiger partial charge in [-0.25, -0.2) is 4.98 Å². The minimum atomic E-state index is -0.221. The van der Waals surface area contributed by atoms with E-state index in [1.54, 1.807) is 18.3 Å². The molecule has 5 heteroatoms. The summed E-state index contributed by atoms with van der Waals surface area (Å²) >= 11 is 7.47. The zero-order valence-corrected chi connectivity index (χ0v) is 14.4. The average Bonchev–Trinajstić information content (AvgIpc) is 2.50. The maximum atomic E-state index is 12.2. The quantitative estimate of drug-likeness (QED) is 0.619. The number of benzene rings is 1. The molecule has 0 aliphatic rings. The summed E-state index contributed by atoms with van der Waals surface area (Å²) in [7, 11) is 0. The van der Waals surface area contributed by atoms with E-state index in [0.717, 1.165) is 4.90 Å². The van der Waals surface area contributed by atoms with Gasteiger partial charge in [0.05, 0.1) is 10.9 Å². The Bertz CT molecular complexity index is 643. The number of hydrogen-bond acceptors (Lipinski definition) is 3. The molecule has 3 nitrogen and oxygen atoms in total. The summed E-state index contributed by atoms with van der Waals surface area (Å²) in [4.78, 5) is 17.2. The van der Waals surface area contributed by atoms with Gasteiger partial charge in [-0.3, -0.25) is 4.79 Å².